The molecule has 0 aromatic heterocycles. The van der Waals surface area contributed by atoms with Crippen molar-refractivity contribution in [2.24, 2.45) is 17.8 Å². The average Bonchev–Trinajstić information content (AvgIpc) is 2.61. The lowest BCUT2D eigenvalue weighted by Crippen LogP contribution is -2.28. The Kier molecular flexibility index (Phi) is 5.17. The Balaban J connectivity index is 1.80. The number of hydrogen-bond acceptors (Lipinski definition) is 1. The van der Waals surface area contributed by atoms with E-state index in [1.165, 1.54) is 31.2 Å². The molecule has 3 rings (SSSR count). The highest BCUT2D eigenvalue weighted by molar-refractivity contribution is 7.46. The van der Waals surface area contributed by atoms with Crippen LogP contribution in [0.15, 0.2) is 18.7 Å². The van der Waals surface area contributed by atoms with E-state index in [0.717, 1.165) is 36.0 Å². The predicted octanol–water partition coefficient (Wildman–Crippen LogP) is 4.73. The Labute approximate surface area is 140 Å². The van der Waals surface area contributed by atoms with Gasteiger partial charge >= 0.3 is 0 Å². The molecule has 0 spiro atoms. The number of hydrogen-bond donors (Lipinski definition) is 0. The lowest BCUT2D eigenvalue weighted by Gasteiger charge is -2.36. The minimum Gasteiger partial charge on any atom is -0.205 e. The summed E-state index contributed by atoms with van der Waals surface area (Å²) in [5, 5.41) is 10.1. The van der Waals surface area contributed by atoms with Crippen LogP contribution < -0.4 is 5.30 Å². The summed E-state index contributed by atoms with van der Waals surface area (Å²) in [5.74, 6) is 1.94. The van der Waals surface area contributed by atoms with Crippen molar-refractivity contribution in [2.45, 2.75) is 44.9 Å². The number of benzene rings is 1. The molecule has 0 aliphatic heterocycles. The summed E-state index contributed by atoms with van der Waals surface area (Å²) in [6.07, 6.45) is 10.1. The van der Waals surface area contributed by atoms with E-state index in [4.69, 9.17) is 0 Å². The minimum atomic E-state index is -0.233. The first-order valence-corrected chi connectivity index (χ1v) is 10.2. The van der Waals surface area contributed by atoms with Gasteiger partial charge in [0.25, 0.3) is 0 Å². The van der Waals surface area contributed by atoms with E-state index < -0.39 is 0 Å². The van der Waals surface area contributed by atoms with Crippen LogP contribution in [0.5, 0.6) is 0 Å². The molecule has 2 unspecified atom stereocenters. The molecule has 2 aliphatic rings. The largest absolute Gasteiger partial charge is 0.205 e. The quantitative estimate of drug-likeness (QED) is 0.581. The fourth-order valence-corrected chi connectivity index (χ4v) is 5.21. The Bertz CT molecular complexity index is 638. The summed E-state index contributed by atoms with van der Waals surface area (Å²) >= 11 is 0. The third-order valence-corrected chi connectivity index (χ3v) is 6.84. The third kappa shape index (κ3) is 3.22. The highest BCUT2D eigenvalue weighted by Gasteiger charge is 2.31. The summed E-state index contributed by atoms with van der Waals surface area (Å²) in [6, 6.07) is 4.20. The molecule has 1 fully saturated rings. The van der Waals surface area contributed by atoms with Gasteiger partial charge in [0.1, 0.15) is 11.9 Å². The Hall–Kier alpha value is -1.19. The molecule has 0 bridgehead atoms. The molecule has 0 saturated heterocycles. The van der Waals surface area contributed by atoms with Crippen LogP contribution in [0.3, 0.4) is 0 Å². The van der Waals surface area contributed by atoms with Gasteiger partial charge in [0, 0.05) is 0 Å². The standard InChI is InChI=1S/C20H25FNP/c1-3-13-4-6-14(7-5-13)15-8-9-17-16(10-15)11-19(23-2)18(12-22)20(17)21/h3,11,13-15,23H,1,4-10H2,2H3. The molecule has 1 nitrogen and oxygen atoms in total. The molecule has 2 aliphatic carbocycles. The highest BCUT2D eigenvalue weighted by atomic mass is 31.1. The highest BCUT2D eigenvalue weighted by Crippen LogP contribution is 2.40. The Morgan fingerprint density at radius 3 is 2.61 bits per heavy atom. The smallest absolute Gasteiger partial charge is 0.145 e. The zero-order valence-corrected chi connectivity index (χ0v) is 14.9. The fraction of sp³-hybridized carbons (Fsp3) is 0.550. The number of allylic oxidation sites excluding steroid dienone is 1. The van der Waals surface area contributed by atoms with Crippen molar-refractivity contribution in [2.75, 3.05) is 6.66 Å². The van der Waals surface area contributed by atoms with E-state index in [1.807, 2.05) is 6.66 Å². The lowest BCUT2D eigenvalue weighted by atomic mass is 9.69. The minimum absolute atomic E-state index is 0.233. The normalized spacial score (nSPS) is 27.6. The molecule has 1 aromatic rings. The van der Waals surface area contributed by atoms with E-state index >= 15 is 0 Å². The van der Waals surface area contributed by atoms with Crippen molar-refractivity contribution in [1.82, 2.24) is 0 Å². The second-order valence-electron chi connectivity index (χ2n) is 7.03. The zero-order chi connectivity index (χ0) is 16.4. The third-order valence-electron chi connectivity index (χ3n) is 5.90. The first-order valence-electron chi connectivity index (χ1n) is 8.72. The maximum absolute atomic E-state index is 14.6. The molecule has 23 heavy (non-hydrogen) atoms. The van der Waals surface area contributed by atoms with Gasteiger partial charge in [0.05, 0.1) is 5.56 Å². The van der Waals surface area contributed by atoms with Gasteiger partial charge in [-0.3, -0.25) is 0 Å². The lowest BCUT2D eigenvalue weighted by molar-refractivity contribution is 0.205. The van der Waals surface area contributed by atoms with Crippen LogP contribution in [-0.2, 0) is 12.8 Å². The van der Waals surface area contributed by atoms with Crippen LogP contribution >= 0.6 is 8.58 Å². The number of halogens is 1. The van der Waals surface area contributed by atoms with Crippen molar-refractivity contribution in [3.05, 3.63) is 41.2 Å². The number of fused-ring (bicyclic) bond motifs is 1. The van der Waals surface area contributed by atoms with Crippen molar-refractivity contribution >= 4 is 13.9 Å². The van der Waals surface area contributed by atoms with Crippen molar-refractivity contribution in [3.63, 3.8) is 0 Å². The molecule has 0 N–H and O–H groups in total. The van der Waals surface area contributed by atoms with Crippen molar-refractivity contribution < 1.29 is 4.39 Å². The van der Waals surface area contributed by atoms with Crippen LogP contribution in [0.1, 0.15) is 48.8 Å². The number of nitrogens with zero attached hydrogens (tertiary/aromatic N) is 1. The first kappa shape index (κ1) is 16.7. The zero-order valence-electron chi connectivity index (χ0n) is 13.9. The van der Waals surface area contributed by atoms with E-state index in [-0.39, 0.29) is 11.4 Å². The molecule has 122 valence electrons. The summed E-state index contributed by atoms with van der Waals surface area (Å²) < 4.78 is 14.6. The first-order chi connectivity index (χ1) is 11.2. The molecule has 2 atom stereocenters. The molecule has 3 heteroatoms. The van der Waals surface area contributed by atoms with Crippen LogP contribution in [0.2, 0.25) is 0 Å². The second-order valence-corrected chi connectivity index (χ2v) is 8.06. The van der Waals surface area contributed by atoms with E-state index in [0.29, 0.717) is 20.4 Å². The van der Waals surface area contributed by atoms with E-state index in [1.54, 1.807) is 0 Å². The van der Waals surface area contributed by atoms with E-state index in [9.17, 15) is 9.65 Å². The molecular formula is C20H25FNP. The van der Waals surface area contributed by atoms with Gasteiger partial charge < -0.3 is 0 Å². The summed E-state index contributed by atoms with van der Waals surface area (Å²) in [5.41, 5.74) is 2.28. The number of nitriles is 1. The van der Waals surface area contributed by atoms with Gasteiger partial charge in [0.2, 0.25) is 0 Å². The second kappa shape index (κ2) is 7.14. The van der Waals surface area contributed by atoms with Crippen LogP contribution in [0.25, 0.3) is 0 Å². The maximum Gasteiger partial charge on any atom is 0.145 e. The molecule has 1 saturated carbocycles. The van der Waals surface area contributed by atoms with Crippen LogP contribution in [0, 0.1) is 34.9 Å². The monoisotopic (exact) mass is 329 g/mol. The van der Waals surface area contributed by atoms with Gasteiger partial charge in [-0.05, 0) is 91.9 Å². The average molecular weight is 329 g/mol. The van der Waals surface area contributed by atoms with Gasteiger partial charge in [-0.25, -0.2) is 4.39 Å². The van der Waals surface area contributed by atoms with Crippen LogP contribution in [-0.4, -0.2) is 6.66 Å². The van der Waals surface area contributed by atoms with Gasteiger partial charge in [-0.15, -0.1) is 6.58 Å². The summed E-state index contributed by atoms with van der Waals surface area (Å²) in [7, 11) is 0.475. The van der Waals surface area contributed by atoms with E-state index in [2.05, 4.69) is 24.8 Å². The maximum atomic E-state index is 14.6. The Morgan fingerprint density at radius 1 is 1.26 bits per heavy atom. The molecule has 0 amide bonds. The van der Waals surface area contributed by atoms with Gasteiger partial charge in [-0.1, -0.05) is 14.7 Å². The van der Waals surface area contributed by atoms with Gasteiger partial charge in [-0.2, -0.15) is 5.26 Å². The topological polar surface area (TPSA) is 23.8 Å². The SMILES string of the molecule is C=CC1CCC(C2CCc3c(cc(PC)c(C#N)c3F)C2)CC1. The number of rotatable bonds is 3. The Morgan fingerprint density at radius 2 is 2.00 bits per heavy atom. The summed E-state index contributed by atoms with van der Waals surface area (Å²) in [6.45, 7) is 5.96. The van der Waals surface area contributed by atoms with Crippen molar-refractivity contribution in [3.8, 4) is 6.07 Å². The fourth-order valence-electron chi connectivity index (χ4n) is 4.47. The van der Waals surface area contributed by atoms with Gasteiger partial charge in [0.15, 0.2) is 0 Å². The molecule has 0 heterocycles. The predicted molar refractivity (Wildman–Crippen MR) is 96.1 cm³/mol. The molecule has 1 aromatic carbocycles. The van der Waals surface area contributed by atoms with Crippen LogP contribution in [0.4, 0.5) is 4.39 Å². The summed E-state index contributed by atoms with van der Waals surface area (Å²) in [4.78, 5) is 0. The van der Waals surface area contributed by atoms with Crippen molar-refractivity contribution in [1.29, 1.82) is 5.26 Å². The molecule has 0 radical (unpaired) electrons. The molecular weight excluding hydrogens is 304 g/mol.